The van der Waals surface area contributed by atoms with Gasteiger partial charge in [-0.1, -0.05) is 70.6 Å². The molecule has 27 heavy (non-hydrogen) atoms. The van der Waals surface area contributed by atoms with Gasteiger partial charge in [0, 0.05) is 0 Å². The Balaban J connectivity index is 0.000000136. The van der Waals surface area contributed by atoms with Crippen molar-refractivity contribution in [3.63, 3.8) is 0 Å². The van der Waals surface area contributed by atoms with Gasteiger partial charge in [-0.15, -0.1) is 0 Å². The van der Waals surface area contributed by atoms with Gasteiger partial charge in [0.05, 0.1) is 11.8 Å². The molecule has 4 unspecified atom stereocenters. The zero-order valence-corrected chi connectivity index (χ0v) is 16.9. The fourth-order valence-corrected chi connectivity index (χ4v) is 6.02. The minimum atomic E-state index is -0.959. The summed E-state index contributed by atoms with van der Waals surface area (Å²) in [5.74, 6) is 3.69. The van der Waals surface area contributed by atoms with E-state index in [1.165, 1.54) is 62.5 Å². The molecular weight excluding hydrogens is 336 g/mol. The molecule has 1 aromatic rings. The third kappa shape index (κ3) is 6.12. The van der Waals surface area contributed by atoms with Gasteiger partial charge in [0.25, 0.3) is 0 Å². The molecular formula is C24H38O3. The molecule has 4 fully saturated rings. The number of carbonyl (C=O) groups is 1. The maximum atomic E-state index is 10.0. The topological polar surface area (TPSA) is 50.4 Å². The highest BCUT2D eigenvalue weighted by Gasteiger charge is 2.40. The van der Waals surface area contributed by atoms with Gasteiger partial charge in [0.2, 0.25) is 0 Å². The van der Waals surface area contributed by atoms with Crippen LogP contribution in [0.2, 0.25) is 0 Å². The van der Waals surface area contributed by atoms with Crippen LogP contribution in [0, 0.1) is 23.7 Å². The molecule has 3 nitrogen and oxygen atoms in total. The predicted molar refractivity (Wildman–Crippen MR) is 109 cm³/mol. The lowest BCUT2D eigenvalue weighted by Crippen LogP contribution is -2.38. The molecule has 4 aliphatic rings. The zero-order valence-electron chi connectivity index (χ0n) is 16.9. The first-order chi connectivity index (χ1) is 13.3. The van der Waals surface area contributed by atoms with Crippen molar-refractivity contribution in [3.8, 4) is 0 Å². The molecule has 3 heteroatoms. The lowest BCUT2D eigenvalue weighted by Gasteiger charge is -2.48. The monoisotopic (exact) mass is 374 g/mol. The van der Waals surface area contributed by atoms with Gasteiger partial charge in [-0.2, -0.15) is 0 Å². The normalized spacial score (nSPS) is 32.0. The predicted octanol–water partition coefficient (Wildman–Crippen LogP) is 7.32. The third-order valence-corrected chi connectivity index (χ3v) is 7.41. The number of aromatic carboxylic acids is 1. The SMILES string of the molecule is C1CCC2C(C1)CCC1CCCCC12.C1CCCC1.O=C(O)c1ccoc1. The van der Waals surface area contributed by atoms with Crippen LogP contribution in [0.15, 0.2) is 23.0 Å². The third-order valence-electron chi connectivity index (χ3n) is 7.41. The Bertz CT molecular complexity index is 502. The molecule has 1 N–H and O–H groups in total. The second kappa shape index (κ2) is 10.9. The minimum absolute atomic E-state index is 0.185. The average Bonchev–Trinajstić information content (AvgIpc) is 3.45. The Morgan fingerprint density at radius 1 is 0.741 bits per heavy atom. The van der Waals surface area contributed by atoms with E-state index in [-0.39, 0.29) is 5.56 Å². The lowest BCUT2D eigenvalue weighted by atomic mass is 9.58. The maximum absolute atomic E-state index is 10.0. The molecule has 4 atom stereocenters. The molecule has 0 amide bonds. The van der Waals surface area contributed by atoms with Crippen LogP contribution in [0.4, 0.5) is 0 Å². The number of hydrogen-bond donors (Lipinski definition) is 1. The first-order valence-corrected chi connectivity index (χ1v) is 11.5. The van der Waals surface area contributed by atoms with Gasteiger partial charge in [0.1, 0.15) is 6.26 Å². The van der Waals surface area contributed by atoms with E-state index in [1.807, 2.05) is 0 Å². The highest BCUT2D eigenvalue weighted by molar-refractivity contribution is 5.86. The highest BCUT2D eigenvalue weighted by atomic mass is 16.4. The quantitative estimate of drug-likeness (QED) is 0.560. The number of carboxylic acid groups (broad SMARTS) is 1. The fraction of sp³-hybridized carbons (Fsp3) is 0.792. The summed E-state index contributed by atoms with van der Waals surface area (Å²) in [6.45, 7) is 0. The van der Waals surface area contributed by atoms with Crippen LogP contribution in [0.5, 0.6) is 0 Å². The molecule has 0 aliphatic heterocycles. The van der Waals surface area contributed by atoms with Crippen molar-refractivity contribution in [2.75, 3.05) is 0 Å². The van der Waals surface area contributed by atoms with E-state index in [4.69, 9.17) is 5.11 Å². The van der Waals surface area contributed by atoms with Gasteiger partial charge in [-0.05, 0) is 55.4 Å². The van der Waals surface area contributed by atoms with E-state index >= 15 is 0 Å². The van der Waals surface area contributed by atoms with Crippen LogP contribution >= 0.6 is 0 Å². The summed E-state index contributed by atoms with van der Waals surface area (Å²) in [4.78, 5) is 10.0. The molecule has 152 valence electrons. The van der Waals surface area contributed by atoms with Crippen molar-refractivity contribution in [2.45, 2.75) is 96.3 Å². The Morgan fingerprint density at radius 2 is 1.22 bits per heavy atom. The van der Waals surface area contributed by atoms with Crippen molar-refractivity contribution < 1.29 is 14.3 Å². The molecule has 5 rings (SSSR count). The van der Waals surface area contributed by atoms with E-state index in [0.717, 1.165) is 11.8 Å². The zero-order chi connectivity index (χ0) is 18.9. The minimum Gasteiger partial charge on any atom is -0.478 e. The summed E-state index contributed by atoms with van der Waals surface area (Å²) in [6, 6.07) is 1.39. The summed E-state index contributed by atoms with van der Waals surface area (Å²) >= 11 is 0. The summed E-state index contributed by atoms with van der Waals surface area (Å²) < 4.78 is 4.49. The second-order valence-electron chi connectivity index (χ2n) is 9.08. The van der Waals surface area contributed by atoms with Crippen molar-refractivity contribution >= 4 is 5.97 Å². The Morgan fingerprint density at radius 3 is 1.59 bits per heavy atom. The first-order valence-electron chi connectivity index (χ1n) is 11.5. The van der Waals surface area contributed by atoms with Crippen LogP contribution in [-0.4, -0.2) is 11.1 Å². The van der Waals surface area contributed by atoms with Crippen LogP contribution in [0.3, 0.4) is 0 Å². The van der Waals surface area contributed by atoms with Crippen LogP contribution in [0.1, 0.15) is 107 Å². The Labute approximate surface area is 164 Å². The lowest BCUT2D eigenvalue weighted by molar-refractivity contribution is 0.0278. The Kier molecular flexibility index (Phi) is 8.29. The van der Waals surface area contributed by atoms with Crippen molar-refractivity contribution in [3.05, 3.63) is 24.2 Å². The standard InChI is InChI=1S/C14H24.C5H4O3.C5H10/c1-3-7-13-11(5-1)9-10-12-6-2-4-8-14(12)13;6-5(7)4-1-2-8-3-4;1-2-4-5-3-1/h11-14H,1-10H2;1-3H,(H,6,7);1-5H2. The van der Waals surface area contributed by atoms with E-state index in [2.05, 4.69) is 4.42 Å². The number of fused-ring (bicyclic) bond motifs is 3. The summed E-state index contributed by atoms with van der Waals surface area (Å²) in [6.07, 6.45) is 25.7. The summed E-state index contributed by atoms with van der Waals surface area (Å²) in [5, 5.41) is 8.21. The van der Waals surface area contributed by atoms with Gasteiger partial charge in [-0.3, -0.25) is 0 Å². The smallest absolute Gasteiger partial charge is 0.338 e. The van der Waals surface area contributed by atoms with E-state index < -0.39 is 5.97 Å². The summed E-state index contributed by atoms with van der Waals surface area (Å²) in [5.41, 5.74) is 0.185. The summed E-state index contributed by atoms with van der Waals surface area (Å²) in [7, 11) is 0. The molecule has 4 aliphatic carbocycles. The first kappa shape index (κ1) is 20.5. The molecule has 1 heterocycles. The number of hydrogen-bond acceptors (Lipinski definition) is 2. The second-order valence-corrected chi connectivity index (χ2v) is 9.08. The van der Waals surface area contributed by atoms with Crippen LogP contribution < -0.4 is 0 Å². The van der Waals surface area contributed by atoms with Crippen molar-refractivity contribution in [1.82, 2.24) is 0 Å². The van der Waals surface area contributed by atoms with Crippen LogP contribution in [-0.2, 0) is 0 Å². The van der Waals surface area contributed by atoms with Gasteiger partial charge in [0.15, 0.2) is 0 Å². The van der Waals surface area contributed by atoms with Gasteiger partial charge in [-0.25, -0.2) is 4.79 Å². The fourth-order valence-electron chi connectivity index (χ4n) is 6.02. The van der Waals surface area contributed by atoms with Gasteiger partial charge < -0.3 is 9.52 Å². The highest BCUT2D eigenvalue weighted by Crippen LogP contribution is 2.51. The Hall–Kier alpha value is -1.25. The van der Waals surface area contributed by atoms with E-state index in [0.29, 0.717) is 0 Å². The van der Waals surface area contributed by atoms with Crippen molar-refractivity contribution in [2.24, 2.45) is 23.7 Å². The number of rotatable bonds is 1. The van der Waals surface area contributed by atoms with E-state index in [1.54, 1.807) is 64.2 Å². The number of furan rings is 1. The number of carboxylic acids is 1. The van der Waals surface area contributed by atoms with Crippen LogP contribution in [0.25, 0.3) is 0 Å². The van der Waals surface area contributed by atoms with Crippen molar-refractivity contribution in [1.29, 1.82) is 0 Å². The maximum Gasteiger partial charge on any atom is 0.338 e. The average molecular weight is 375 g/mol. The molecule has 0 saturated heterocycles. The molecule has 0 bridgehead atoms. The molecule has 4 saturated carbocycles. The molecule has 1 aromatic heterocycles. The molecule has 0 spiro atoms. The van der Waals surface area contributed by atoms with E-state index in [9.17, 15) is 4.79 Å². The molecule has 0 aromatic carbocycles. The largest absolute Gasteiger partial charge is 0.478 e. The van der Waals surface area contributed by atoms with Gasteiger partial charge >= 0.3 is 5.97 Å². The molecule has 0 radical (unpaired) electrons.